The maximum atomic E-state index is 12.7. The Balaban J connectivity index is 1.33. The van der Waals surface area contributed by atoms with Crippen LogP contribution in [-0.4, -0.2) is 57.7 Å². The zero-order valence-corrected chi connectivity index (χ0v) is 14.7. The molecular weight excluding hydrogens is 312 g/mol. The Kier molecular flexibility index (Phi) is 4.83. The van der Waals surface area contributed by atoms with E-state index in [1.54, 1.807) is 6.20 Å². The van der Waals surface area contributed by atoms with Crippen LogP contribution in [0.1, 0.15) is 41.6 Å². The van der Waals surface area contributed by atoms with Crippen LogP contribution < -0.4 is 0 Å². The normalized spacial score (nSPS) is 19.4. The summed E-state index contributed by atoms with van der Waals surface area (Å²) in [5.41, 5.74) is 1.95. The van der Waals surface area contributed by atoms with Gasteiger partial charge in [0.25, 0.3) is 5.91 Å². The predicted octanol–water partition coefficient (Wildman–Crippen LogP) is 2.63. The van der Waals surface area contributed by atoms with Crippen LogP contribution in [0.3, 0.4) is 0 Å². The quantitative estimate of drug-likeness (QED) is 0.860. The Hall–Kier alpha value is -2.14. The van der Waals surface area contributed by atoms with Gasteiger partial charge in [-0.2, -0.15) is 5.10 Å². The van der Waals surface area contributed by atoms with Crippen LogP contribution in [0.4, 0.5) is 0 Å². The van der Waals surface area contributed by atoms with E-state index in [0.717, 1.165) is 49.9 Å². The van der Waals surface area contributed by atoms with E-state index in [0.29, 0.717) is 0 Å². The van der Waals surface area contributed by atoms with Crippen molar-refractivity contribution in [2.75, 3.05) is 26.2 Å². The van der Waals surface area contributed by atoms with Crippen molar-refractivity contribution >= 4 is 5.91 Å². The molecule has 1 aliphatic heterocycles. The predicted molar refractivity (Wildman–Crippen MR) is 97.5 cm³/mol. The first-order valence-corrected chi connectivity index (χ1v) is 9.39. The highest BCUT2D eigenvalue weighted by Crippen LogP contribution is 2.24. The van der Waals surface area contributed by atoms with Crippen molar-refractivity contribution in [3.8, 4) is 0 Å². The van der Waals surface area contributed by atoms with E-state index in [9.17, 15) is 4.79 Å². The van der Waals surface area contributed by atoms with Crippen molar-refractivity contribution in [2.45, 2.75) is 38.3 Å². The molecule has 1 saturated carbocycles. The lowest BCUT2D eigenvalue weighted by molar-refractivity contribution is 0.0573. The molecule has 0 radical (unpaired) electrons. The maximum absolute atomic E-state index is 12.7. The molecule has 0 spiro atoms. The Bertz CT molecular complexity index is 681. The fourth-order valence-corrected chi connectivity index (χ4v) is 4.08. The number of amides is 1. The molecule has 0 atom stereocenters. The van der Waals surface area contributed by atoms with Crippen molar-refractivity contribution < 1.29 is 4.79 Å². The van der Waals surface area contributed by atoms with Gasteiger partial charge in [-0.05, 0) is 36.6 Å². The van der Waals surface area contributed by atoms with Crippen molar-refractivity contribution in [1.82, 2.24) is 19.6 Å². The number of rotatable bonds is 4. The fraction of sp³-hybridized carbons (Fsp3) is 0.500. The topological polar surface area (TPSA) is 41.4 Å². The van der Waals surface area contributed by atoms with Crippen LogP contribution in [0.25, 0.3) is 0 Å². The summed E-state index contributed by atoms with van der Waals surface area (Å²) in [6.45, 7) is 4.48. The van der Waals surface area contributed by atoms with E-state index < -0.39 is 0 Å². The zero-order chi connectivity index (χ0) is 17.1. The number of aromatic nitrogens is 2. The third-order valence-electron chi connectivity index (χ3n) is 5.55. The minimum absolute atomic E-state index is 0.164. The highest BCUT2D eigenvalue weighted by atomic mass is 16.2. The number of benzene rings is 1. The summed E-state index contributed by atoms with van der Waals surface area (Å²) < 4.78 is 1.89. The van der Waals surface area contributed by atoms with Crippen LogP contribution in [0.2, 0.25) is 0 Å². The number of hydrogen-bond acceptors (Lipinski definition) is 3. The molecule has 1 aromatic carbocycles. The summed E-state index contributed by atoms with van der Waals surface area (Å²) in [4.78, 5) is 17.3. The Morgan fingerprint density at radius 3 is 2.40 bits per heavy atom. The molecule has 5 heteroatoms. The summed E-state index contributed by atoms with van der Waals surface area (Å²) in [5.74, 6) is 0.164. The van der Waals surface area contributed by atoms with E-state index in [1.807, 2.05) is 46.1 Å². The van der Waals surface area contributed by atoms with Gasteiger partial charge in [0, 0.05) is 50.2 Å². The number of nitrogens with zero attached hydrogens (tertiary/aromatic N) is 4. The summed E-state index contributed by atoms with van der Waals surface area (Å²) in [6, 6.07) is 10.6. The van der Waals surface area contributed by atoms with Gasteiger partial charge in [0.1, 0.15) is 0 Å². The molecule has 2 heterocycles. The molecule has 1 amide bonds. The van der Waals surface area contributed by atoms with E-state index in [1.165, 1.54) is 25.7 Å². The summed E-state index contributed by atoms with van der Waals surface area (Å²) in [7, 11) is 0. The van der Waals surface area contributed by atoms with Gasteiger partial charge in [-0.15, -0.1) is 0 Å². The average Bonchev–Trinajstić information content (AvgIpc) is 3.36. The smallest absolute Gasteiger partial charge is 0.253 e. The maximum Gasteiger partial charge on any atom is 0.253 e. The van der Waals surface area contributed by atoms with Gasteiger partial charge in [0.15, 0.2) is 0 Å². The van der Waals surface area contributed by atoms with Gasteiger partial charge in [0.05, 0.1) is 6.54 Å². The average molecular weight is 338 g/mol. The van der Waals surface area contributed by atoms with Crippen molar-refractivity contribution in [1.29, 1.82) is 0 Å². The lowest BCUT2D eigenvalue weighted by Gasteiger charge is -2.38. The lowest BCUT2D eigenvalue weighted by atomic mass is 10.1. The molecule has 4 rings (SSSR count). The summed E-state index contributed by atoms with van der Waals surface area (Å²) in [5, 5.41) is 4.22. The van der Waals surface area contributed by atoms with Crippen LogP contribution in [0.5, 0.6) is 0 Å². The Morgan fingerprint density at radius 1 is 1.04 bits per heavy atom. The Morgan fingerprint density at radius 2 is 1.76 bits per heavy atom. The second-order valence-electron chi connectivity index (χ2n) is 7.17. The second kappa shape index (κ2) is 7.40. The molecule has 25 heavy (non-hydrogen) atoms. The van der Waals surface area contributed by atoms with Crippen molar-refractivity contribution in [3.63, 3.8) is 0 Å². The molecule has 5 nitrogen and oxygen atoms in total. The monoisotopic (exact) mass is 338 g/mol. The molecule has 1 aromatic heterocycles. The van der Waals surface area contributed by atoms with E-state index in [4.69, 9.17) is 0 Å². The minimum Gasteiger partial charge on any atom is -0.336 e. The van der Waals surface area contributed by atoms with Crippen molar-refractivity contribution in [2.24, 2.45) is 0 Å². The van der Waals surface area contributed by atoms with Crippen molar-refractivity contribution in [3.05, 3.63) is 53.9 Å². The molecule has 0 N–H and O–H groups in total. The number of hydrogen-bond donors (Lipinski definition) is 0. The highest BCUT2D eigenvalue weighted by Gasteiger charge is 2.28. The number of carbonyl (C=O) groups is 1. The SMILES string of the molecule is O=C(c1ccc(Cn2cccn2)cc1)N1CCN(C2CCCC2)CC1. The number of piperazine rings is 1. The van der Waals surface area contributed by atoms with Crippen LogP contribution in [0.15, 0.2) is 42.7 Å². The van der Waals surface area contributed by atoms with Crippen LogP contribution in [-0.2, 0) is 6.54 Å². The number of carbonyl (C=O) groups excluding carboxylic acids is 1. The largest absolute Gasteiger partial charge is 0.336 e. The Labute approximate surface area is 149 Å². The van der Waals surface area contributed by atoms with Gasteiger partial charge in [0.2, 0.25) is 0 Å². The molecule has 2 aliphatic rings. The van der Waals surface area contributed by atoms with Crippen LogP contribution in [0, 0.1) is 0 Å². The van der Waals surface area contributed by atoms with Gasteiger partial charge in [-0.1, -0.05) is 25.0 Å². The van der Waals surface area contributed by atoms with Gasteiger partial charge in [-0.3, -0.25) is 14.4 Å². The van der Waals surface area contributed by atoms with Gasteiger partial charge in [-0.25, -0.2) is 0 Å². The minimum atomic E-state index is 0.164. The zero-order valence-electron chi connectivity index (χ0n) is 14.7. The third kappa shape index (κ3) is 3.76. The fourth-order valence-electron chi connectivity index (χ4n) is 4.08. The molecule has 1 saturated heterocycles. The molecule has 2 aromatic rings. The molecule has 0 bridgehead atoms. The molecule has 132 valence electrons. The van der Waals surface area contributed by atoms with E-state index in [-0.39, 0.29) is 5.91 Å². The van der Waals surface area contributed by atoms with E-state index in [2.05, 4.69) is 10.00 Å². The molecule has 0 unspecified atom stereocenters. The standard InChI is InChI=1S/C20H26N4O/c25-20(23-14-12-22(13-15-23)19-4-1-2-5-19)18-8-6-17(7-9-18)16-24-11-3-10-21-24/h3,6-11,19H,1-2,4-5,12-16H2. The van der Waals surface area contributed by atoms with Gasteiger partial charge >= 0.3 is 0 Å². The second-order valence-corrected chi connectivity index (χ2v) is 7.17. The first kappa shape index (κ1) is 16.3. The summed E-state index contributed by atoms with van der Waals surface area (Å²) in [6.07, 6.45) is 9.15. The highest BCUT2D eigenvalue weighted by molar-refractivity contribution is 5.94. The van der Waals surface area contributed by atoms with E-state index >= 15 is 0 Å². The third-order valence-corrected chi connectivity index (χ3v) is 5.55. The first-order valence-electron chi connectivity index (χ1n) is 9.39. The first-order chi connectivity index (χ1) is 12.3. The van der Waals surface area contributed by atoms with Gasteiger partial charge < -0.3 is 4.90 Å². The molecule has 2 fully saturated rings. The molecule has 1 aliphatic carbocycles. The summed E-state index contributed by atoms with van der Waals surface area (Å²) >= 11 is 0. The van der Waals surface area contributed by atoms with Crippen LogP contribution >= 0.6 is 0 Å². The lowest BCUT2D eigenvalue weighted by Crippen LogP contribution is -2.51. The molecular formula is C20H26N4O.